The molecule has 0 fully saturated rings. The largest absolute Gasteiger partial charge is 0.404 e. The molecular formula is C14H18BrF2O4PS. The molecule has 0 amide bonds. The van der Waals surface area contributed by atoms with E-state index in [2.05, 4.69) is 25.4 Å². The summed E-state index contributed by atoms with van der Waals surface area (Å²) in [5.74, 6) is 0.469. The molecular weight excluding hydrogens is 413 g/mol. The van der Waals surface area contributed by atoms with Crippen LogP contribution in [0.5, 0.6) is 0 Å². The lowest BCUT2D eigenvalue weighted by atomic mass is 9.92. The number of hydrogen-bond acceptors (Lipinski definition) is 5. The number of benzene rings is 1. The Labute approximate surface area is 146 Å². The van der Waals surface area contributed by atoms with Crippen LogP contribution < -0.4 is 0 Å². The molecule has 1 rings (SSSR count). The first-order chi connectivity index (χ1) is 10.8. The van der Waals surface area contributed by atoms with Crippen LogP contribution in [0.4, 0.5) is 9.05 Å². The van der Waals surface area contributed by atoms with Crippen molar-refractivity contribution in [3.05, 3.63) is 33.8 Å². The van der Waals surface area contributed by atoms with Gasteiger partial charge in [0.1, 0.15) is 5.16 Å². The van der Waals surface area contributed by atoms with Crippen molar-refractivity contribution in [2.24, 2.45) is 0 Å². The second-order valence-electron chi connectivity index (χ2n) is 4.97. The summed E-state index contributed by atoms with van der Waals surface area (Å²) < 4.78 is 45.5. The zero-order chi connectivity index (χ0) is 17.7. The predicted molar refractivity (Wildman–Crippen MR) is 90.4 cm³/mol. The van der Waals surface area contributed by atoms with E-state index in [1.807, 2.05) is 0 Å². The summed E-state index contributed by atoms with van der Waals surface area (Å²) in [6.07, 6.45) is 0.295. The molecule has 0 atom stereocenters. The maximum Gasteiger partial charge on any atom is 0.404 e. The van der Waals surface area contributed by atoms with Crippen LogP contribution in [0.25, 0.3) is 0 Å². The molecule has 0 bridgehead atoms. The zero-order valence-electron chi connectivity index (χ0n) is 13.0. The molecule has 1 aromatic rings. The predicted octanol–water partition coefficient (Wildman–Crippen LogP) is 6.24. The average molecular weight is 431 g/mol. The van der Waals surface area contributed by atoms with Crippen molar-refractivity contribution in [1.29, 1.82) is 0 Å². The first-order valence-corrected chi connectivity index (χ1v) is 10.3. The molecule has 0 aromatic heterocycles. The molecule has 0 unspecified atom stereocenters. The van der Waals surface area contributed by atoms with Gasteiger partial charge >= 0.3 is 7.60 Å². The quantitative estimate of drug-likeness (QED) is 0.456. The third-order valence-corrected chi connectivity index (χ3v) is 7.68. The fourth-order valence-corrected chi connectivity index (χ4v) is 5.58. The van der Waals surface area contributed by atoms with Gasteiger partial charge in [0.2, 0.25) is 0 Å². The van der Waals surface area contributed by atoms with Crippen molar-refractivity contribution in [2.45, 2.75) is 44.5 Å². The number of thioether (sulfide) groups is 1. The maximum atomic E-state index is 12.8. The first kappa shape index (κ1) is 20.8. The summed E-state index contributed by atoms with van der Waals surface area (Å²) >= 11 is 4.50. The van der Waals surface area contributed by atoms with E-state index in [9.17, 15) is 18.4 Å². The number of rotatable bonds is 8. The Morgan fingerprint density at radius 3 is 2.26 bits per heavy atom. The Balaban J connectivity index is 3.34. The topological polar surface area (TPSA) is 52.6 Å². The van der Waals surface area contributed by atoms with Crippen LogP contribution in [0, 0.1) is 0 Å². The van der Waals surface area contributed by atoms with E-state index in [4.69, 9.17) is 0 Å². The number of carbonyl (C=O) groups is 1. The molecule has 0 aliphatic carbocycles. The Bertz CT molecular complexity index is 602. The van der Waals surface area contributed by atoms with E-state index in [0.717, 1.165) is 17.3 Å². The van der Waals surface area contributed by atoms with E-state index >= 15 is 0 Å². The third kappa shape index (κ3) is 4.23. The van der Waals surface area contributed by atoms with Gasteiger partial charge in [-0.05, 0) is 39.1 Å². The van der Waals surface area contributed by atoms with Crippen molar-refractivity contribution in [2.75, 3.05) is 0 Å². The lowest BCUT2D eigenvalue weighted by Crippen LogP contribution is -2.26. The molecule has 0 saturated carbocycles. The minimum absolute atomic E-state index is 0.0113. The Hall–Kier alpha value is -0.270. The molecule has 0 saturated heterocycles. The van der Waals surface area contributed by atoms with Gasteiger partial charge < -0.3 is 0 Å². The summed E-state index contributed by atoms with van der Waals surface area (Å²) in [5.41, 5.74) is 1.27. The molecule has 9 heteroatoms. The fourth-order valence-electron chi connectivity index (χ4n) is 2.52. The van der Waals surface area contributed by atoms with Crippen LogP contribution in [-0.4, -0.2) is 5.12 Å². The molecule has 23 heavy (non-hydrogen) atoms. The van der Waals surface area contributed by atoms with Crippen molar-refractivity contribution in [1.82, 2.24) is 0 Å². The third-order valence-electron chi connectivity index (χ3n) is 3.85. The molecule has 4 nitrogen and oxygen atoms in total. The Morgan fingerprint density at radius 2 is 1.87 bits per heavy atom. The van der Waals surface area contributed by atoms with Crippen molar-refractivity contribution in [3.8, 4) is 0 Å². The SMILES string of the molecule is CCC(CC)(c1ccc(CSC(C)=O)cc1Br)P(=O)(OF)OF. The lowest BCUT2D eigenvalue weighted by molar-refractivity contribution is -0.109. The van der Waals surface area contributed by atoms with Crippen LogP contribution >= 0.6 is 35.3 Å². The minimum Gasteiger partial charge on any atom is -0.288 e. The summed E-state index contributed by atoms with van der Waals surface area (Å²) in [7, 11) is -4.64. The van der Waals surface area contributed by atoms with Gasteiger partial charge in [0.15, 0.2) is 5.12 Å². The van der Waals surface area contributed by atoms with Gasteiger partial charge in [0, 0.05) is 17.1 Å². The highest BCUT2D eigenvalue weighted by atomic mass is 79.9. The Kier molecular flexibility index (Phi) is 7.87. The highest BCUT2D eigenvalue weighted by Gasteiger charge is 2.53. The first-order valence-electron chi connectivity index (χ1n) is 6.93. The van der Waals surface area contributed by atoms with Crippen LogP contribution in [-0.2, 0) is 29.7 Å². The highest BCUT2D eigenvalue weighted by molar-refractivity contribution is 9.10. The van der Waals surface area contributed by atoms with Gasteiger partial charge in [-0.15, -0.1) is 9.46 Å². The molecule has 0 N–H and O–H groups in total. The van der Waals surface area contributed by atoms with E-state index in [-0.39, 0.29) is 18.0 Å². The summed E-state index contributed by atoms with van der Waals surface area (Å²) in [4.78, 5) is 11.0. The molecule has 0 aliphatic rings. The van der Waals surface area contributed by atoms with Gasteiger partial charge in [-0.3, -0.25) is 9.36 Å². The van der Waals surface area contributed by atoms with Crippen molar-refractivity contribution >= 4 is 40.4 Å². The average Bonchev–Trinajstić information content (AvgIpc) is 2.55. The maximum absolute atomic E-state index is 12.8. The number of carbonyl (C=O) groups excluding carboxylic acids is 1. The van der Waals surface area contributed by atoms with Crippen LogP contribution in [0.1, 0.15) is 44.7 Å². The summed E-state index contributed by atoms with van der Waals surface area (Å²) in [6, 6.07) is 5.07. The highest BCUT2D eigenvalue weighted by Crippen LogP contribution is 2.69. The van der Waals surface area contributed by atoms with Crippen molar-refractivity contribution in [3.63, 3.8) is 0 Å². The van der Waals surface area contributed by atoms with E-state index in [1.54, 1.807) is 32.0 Å². The molecule has 130 valence electrons. The van der Waals surface area contributed by atoms with Gasteiger partial charge in [0.05, 0.1) is 0 Å². The zero-order valence-corrected chi connectivity index (χ0v) is 16.3. The molecule has 0 aliphatic heterocycles. The number of halogens is 3. The Morgan fingerprint density at radius 1 is 1.30 bits per heavy atom. The smallest absolute Gasteiger partial charge is 0.288 e. The second kappa shape index (κ2) is 8.72. The van der Waals surface area contributed by atoms with E-state index < -0.39 is 12.8 Å². The van der Waals surface area contributed by atoms with Crippen molar-refractivity contribution < 1.29 is 27.9 Å². The van der Waals surface area contributed by atoms with Crippen LogP contribution in [0.15, 0.2) is 22.7 Å². The van der Waals surface area contributed by atoms with Gasteiger partial charge in [-0.1, -0.05) is 53.7 Å². The summed E-state index contributed by atoms with van der Waals surface area (Å²) in [5, 5.41) is -1.47. The molecule has 0 radical (unpaired) electrons. The van der Waals surface area contributed by atoms with Gasteiger partial charge in [0.25, 0.3) is 0 Å². The standard InChI is InChI=1S/C14H18BrF2O4PS/c1-4-14(5-2,22(19,20-16)21-17)12-7-6-11(8-13(12)15)9-23-10(3)18/h6-8H,4-5,9H2,1-3H3. The normalized spacial score (nSPS) is 12.4. The minimum atomic E-state index is -4.64. The monoisotopic (exact) mass is 430 g/mol. The molecule has 0 heterocycles. The van der Waals surface area contributed by atoms with E-state index in [1.165, 1.54) is 6.92 Å². The second-order valence-corrected chi connectivity index (χ2v) is 9.10. The number of hydrogen-bond donors (Lipinski definition) is 0. The fraction of sp³-hybridized carbons (Fsp3) is 0.500. The van der Waals surface area contributed by atoms with Crippen LogP contribution in [0.3, 0.4) is 0 Å². The van der Waals surface area contributed by atoms with Gasteiger partial charge in [-0.25, -0.2) is 0 Å². The van der Waals surface area contributed by atoms with Gasteiger partial charge in [-0.2, -0.15) is 0 Å². The van der Waals surface area contributed by atoms with Crippen LogP contribution in [0.2, 0.25) is 0 Å². The molecule has 1 aromatic carbocycles. The lowest BCUT2D eigenvalue weighted by Gasteiger charge is -2.34. The van der Waals surface area contributed by atoms with E-state index in [0.29, 0.717) is 15.8 Å². The summed E-state index contributed by atoms with van der Waals surface area (Å²) in [6.45, 7) is 4.78. The molecule has 0 spiro atoms.